The minimum Gasteiger partial charge on any atom is -0.335 e. The van der Waals surface area contributed by atoms with Crippen LogP contribution in [0, 0.1) is 0 Å². The number of hydrazine groups is 1. The first-order valence-corrected chi connectivity index (χ1v) is 6.98. The molecule has 1 amide bonds. The fraction of sp³-hybridized carbons (Fsp3) is 0.100. The topological polar surface area (TPSA) is 112 Å². The van der Waals surface area contributed by atoms with Crippen LogP contribution in [0.5, 0.6) is 0 Å². The fourth-order valence-electron chi connectivity index (χ4n) is 1.34. The number of aromatic nitrogens is 3. The van der Waals surface area contributed by atoms with Crippen molar-refractivity contribution >= 4 is 33.6 Å². The molecule has 0 fully saturated rings. The third kappa shape index (κ3) is 3.25. The third-order valence-corrected chi connectivity index (χ3v) is 3.73. The van der Waals surface area contributed by atoms with Gasteiger partial charge in [0.15, 0.2) is 5.82 Å². The summed E-state index contributed by atoms with van der Waals surface area (Å²) in [6, 6.07) is 7.52. The van der Waals surface area contributed by atoms with E-state index < -0.39 is 0 Å². The molecule has 0 spiro atoms. The number of thioether (sulfide) groups is 1. The number of amides is 1. The number of nitrogens with one attached hydrogen (secondary N) is 1. The van der Waals surface area contributed by atoms with Crippen LogP contribution in [0.2, 0.25) is 0 Å². The van der Waals surface area contributed by atoms with Crippen LogP contribution in [0.1, 0.15) is 0 Å². The Morgan fingerprint density at radius 2 is 2.05 bits per heavy atom. The van der Waals surface area contributed by atoms with E-state index in [9.17, 15) is 4.79 Å². The molecule has 0 saturated carbocycles. The number of rotatable bonds is 4. The van der Waals surface area contributed by atoms with Gasteiger partial charge in [-0.25, -0.2) is 10.5 Å². The van der Waals surface area contributed by atoms with Gasteiger partial charge in [-0.2, -0.15) is 0 Å². The van der Waals surface area contributed by atoms with Gasteiger partial charge in [-0.3, -0.25) is 10.2 Å². The predicted molar refractivity (Wildman–Crippen MR) is 76.4 cm³/mol. The maximum absolute atomic E-state index is 11.1. The summed E-state index contributed by atoms with van der Waals surface area (Å²) in [6.07, 6.45) is 0. The van der Waals surface area contributed by atoms with Gasteiger partial charge < -0.3 is 5.84 Å². The third-order valence-electron chi connectivity index (χ3n) is 2.26. The molecule has 9 heteroatoms. The first-order chi connectivity index (χ1) is 9.11. The molecule has 1 aromatic heterocycles. The minimum atomic E-state index is -0.307. The van der Waals surface area contributed by atoms with Gasteiger partial charge >= 0.3 is 0 Å². The molecule has 0 bridgehead atoms. The summed E-state index contributed by atoms with van der Waals surface area (Å²) in [5.41, 5.74) is 2.88. The number of halogens is 1. The highest BCUT2D eigenvalue weighted by Gasteiger charge is 2.13. The summed E-state index contributed by atoms with van der Waals surface area (Å²) in [5.74, 6) is 11.2. The van der Waals surface area contributed by atoms with Gasteiger partial charge in [0.05, 0.1) is 5.75 Å². The summed E-state index contributed by atoms with van der Waals surface area (Å²) in [7, 11) is 0. The second-order valence-corrected chi connectivity index (χ2v) is 5.40. The van der Waals surface area contributed by atoms with Crippen molar-refractivity contribution < 1.29 is 4.79 Å². The first kappa shape index (κ1) is 13.8. The molecule has 5 N–H and O–H groups in total. The van der Waals surface area contributed by atoms with E-state index in [2.05, 4.69) is 26.1 Å². The van der Waals surface area contributed by atoms with Crippen molar-refractivity contribution in [2.24, 2.45) is 5.84 Å². The Bertz CT molecular complexity index is 584. The lowest BCUT2D eigenvalue weighted by molar-refractivity contribution is -0.118. The summed E-state index contributed by atoms with van der Waals surface area (Å²) in [6.45, 7) is 0. The lowest BCUT2D eigenvalue weighted by Crippen LogP contribution is -2.31. The van der Waals surface area contributed by atoms with Gasteiger partial charge in [0, 0.05) is 10.0 Å². The molecule has 2 rings (SSSR count). The average molecular weight is 343 g/mol. The van der Waals surface area contributed by atoms with E-state index in [1.807, 2.05) is 29.7 Å². The fourth-order valence-corrected chi connectivity index (χ4v) is 2.28. The number of carbonyl (C=O) groups is 1. The van der Waals surface area contributed by atoms with Crippen molar-refractivity contribution in [2.75, 3.05) is 11.6 Å². The van der Waals surface area contributed by atoms with Crippen molar-refractivity contribution in [1.29, 1.82) is 0 Å². The number of nitrogen functional groups attached to an aromatic ring is 1. The quantitative estimate of drug-likeness (QED) is 0.323. The van der Waals surface area contributed by atoms with Crippen molar-refractivity contribution in [3.63, 3.8) is 0 Å². The van der Waals surface area contributed by atoms with Crippen molar-refractivity contribution in [3.8, 4) is 11.4 Å². The maximum Gasteiger partial charge on any atom is 0.244 e. The van der Waals surface area contributed by atoms with Crippen molar-refractivity contribution in [2.45, 2.75) is 5.16 Å². The van der Waals surface area contributed by atoms with Gasteiger partial charge in [0.25, 0.3) is 0 Å². The Labute approximate surface area is 121 Å². The molecule has 0 unspecified atom stereocenters. The molecule has 100 valence electrons. The van der Waals surface area contributed by atoms with E-state index in [1.165, 1.54) is 4.68 Å². The molecule has 0 radical (unpaired) electrons. The Morgan fingerprint density at radius 1 is 1.37 bits per heavy atom. The molecule has 0 atom stereocenters. The summed E-state index contributed by atoms with van der Waals surface area (Å²) in [4.78, 5) is 11.1. The molecular weight excluding hydrogens is 332 g/mol. The van der Waals surface area contributed by atoms with Gasteiger partial charge in [-0.15, -0.1) is 10.2 Å². The molecule has 0 aliphatic rings. The Hall–Kier alpha value is -1.58. The highest BCUT2D eigenvalue weighted by molar-refractivity contribution is 9.10. The van der Waals surface area contributed by atoms with Crippen LogP contribution in [-0.4, -0.2) is 26.5 Å². The number of carbonyl (C=O) groups excluding carboxylic acids is 1. The van der Waals surface area contributed by atoms with E-state index in [4.69, 9.17) is 11.7 Å². The molecule has 7 nitrogen and oxygen atoms in total. The van der Waals surface area contributed by atoms with E-state index in [-0.39, 0.29) is 11.7 Å². The minimum absolute atomic E-state index is 0.131. The largest absolute Gasteiger partial charge is 0.335 e. The van der Waals surface area contributed by atoms with E-state index in [0.29, 0.717) is 11.0 Å². The van der Waals surface area contributed by atoms with Gasteiger partial charge in [0.2, 0.25) is 11.1 Å². The smallest absolute Gasteiger partial charge is 0.244 e. The Morgan fingerprint density at radius 3 is 2.68 bits per heavy atom. The number of nitrogens with two attached hydrogens (primary N) is 2. The first-order valence-electron chi connectivity index (χ1n) is 5.20. The Kier molecular flexibility index (Phi) is 4.40. The van der Waals surface area contributed by atoms with Crippen LogP contribution in [0.3, 0.4) is 0 Å². The van der Waals surface area contributed by atoms with Crippen LogP contribution >= 0.6 is 27.7 Å². The lowest BCUT2D eigenvalue weighted by atomic mass is 10.2. The maximum atomic E-state index is 11.1. The van der Waals surface area contributed by atoms with Crippen LogP contribution in [-0.2, 0) is 4.79 Å². The van der Waals surface area contributed by atoms with Gasteiger partial charge in [-0.1, -0.05) is 39.8 Å². The molecule has 0 saturated heterocycles. The molecule has 0 aliphatic heterocycles. The molecule has 1 aromatic carbocycles. The van der Waals surface area contributed by atoms with Crippen LogP contribution < -0.4 is 17.1 Å². The van der Waals surface area contributed by atoms with Gasteiger partial charge in [-0.05, 0) is 12.1 Å². The van der Waals surface area contributed by atoms with Crippen molar-refractivity contribution in [3.05, 3.63) is 28.7 Å². The zero-order valence-corrected chi connectivity index (χ0v) is 12.1. The zero-order valence-electron chi connectivity index (χ0n) is 9.71. The molecule has 1 heterocycles. The van der Waals surface area contributed by atoms with E-state index in [1.54, 1.807) is 0 Å². The zero-order chi connectivity index (χ0) is 13.8. The number of hydrogen-bond donors (Lipinski definition) is 3. The second kappa shape index (κ2) is 6.04. The van der Waals surface area contributed by atoms with E-state index >= 15 is 0 Å². The van der Waals surface area contributed by atoms with Gasteiger partial charge in [0.1, 0.15) is 0 Å². The highest BCUT2D eigenvalue weighted by atomic mass is 79.9. The van der Waals surface area contributed by atoms with E-state index in [0.717, 1.165) is 21.8 Å². The molecule has 19 heavy (non-hydrogen) atoms. The summed E-state index contributed by atoms with van der Waals surface area (Å²) in [5, 5.41) is 8.39. The second-order valence-electron chi connectivity index (χ2n) is 3.54. The molecule has 2 aromatic rings. The normalized spacial score (nSPS) is 10.4. The van der Waals surface area contributed by atoms with Crippen molar-refractivity contribution in [1.82, 2.24) is 20.3 Å². The standard InChI is InChI=1S/C10H11BrN6OS/c11-7-3-1-6(2-4-7)9-15-16-10(17(9)13)19-5-8(18)14-12/h1-4H,5,12-13H2,(H,14,18). The summed E-state index contributed by atoms with van der Waals surface area (Å²) < 4.78 is 2.31. The Balaban J connectivity index is 2.18. The summed E-state index contributed by atoms with van der Waals surface area (Å²) >= 11 is 4.52. The highest BCUT2D eigenvalue weighted by Crippen LogP contribution is 2.22. The SMILES string of the molecule is NNC(=O)CSc1nnc(-c2ccc(Br)cc2)n1N. The van der Waals surface area contributed by atoms with Crippen LogP contribution in [0.25, 0.3) is 11.4 Å². The molecular formula is C10H11BrN6OS. The number of benzene rings is 1. The van der Waals surface area contributed by atoms with Crippen LogP contribution in [0.15, 0.2) is 33.9 Å². The predicted octanol–water partition coefficient (Wildman–Crippen LogP) is 0.503. The average Bonchev–Trinajstić information content (AvgIpc) is 2.78. The lowest BCUT2D eigenvalue weighted by Gasteiger charge is -2.03. The number of nitrogens with zero attached hydrogens (tertiary/aromatic N) is 3. The van der Waals surface area contributed by atoms with Crippen LogP contribution in [0.4, 0.5) is 0 Å². The number of hydrogen-bond acceptors (Lipinski definition) is 6. The monoisotopic (exact) mass is 342 g/mol. The molecule has 0 aliphatic carbocycles.